The predicted octanol–water partition coefficient (Wildman–Crippen LogP) is 1.78. The smallest absolute Gasteiger partial charge is 0.341 e. The van der Waals surface area contributed by atoms with Crippen LogP contribution in [0, 0.1) is 0 Å². The standard InChI is InChI=1S/C14H10N2O3/c1-16-7-10(14(18)19)12(17)9-6-8-4-2-3-5-11(8)15-13(9)16/h2-7H,1H3,(H,18,19). The van der Waals surface area contributed by atoms with Crippen molar-refractivity contribution in [3.8, 4) is 0 Å². The molecule has 0 bridgehead atoms. The molecule has 0 saturated heterocycles. The second-order valence-corrected chi connectivity index (χ2v) is 4.34. The molecule has 3 aromatic rings. The Hall–Kier alpha value is -2.69. The summed E-state index contributed by atoms with van der Waals surface area (Å²) in [4.78, 5) is 27.6. The van der Waals surface area contributed by atoms with E-state index < -0.39 is 11.4 Å². The highest BCUT2D eigenvalue weighted by atomic mass is 16.4. The van der Waals surface area contributed by atoms with Gasteiger partial charge in [0.1, 0.15) is 11.2 Å². The number of aryl methyl sites for hydroxylation is 1. The molecule has 0 atom stereocenters. The van der Waals surface area contributed by atoms with E-state index in [-0.39, 0.29) is 5.56 Å². The van der Waals surface area contributed by atoms with E-state index in [9.17, 15) is 9.59 Å². The second-order valence-electron chi connectivity index (χ2n) is 4.34. The molecule has 1 aromatic carbocycles. The molecule has 2 aromatic heterocycles. The fourth-order valence-corrected chi connectivity index (χ4v) is 2.15. The van der Waals surface area contributed by atoms with Gasteiger partial charge in [-0.2, -0.15) is 0 Å². The zero-order valence-corrected chi connectivity index (χ0v) is 10.1. The number of pyridine rings is 2. The van der Waals surface area contributed by atoms with Crippen molar-refractivity contribution < 1.29 is 9.90 Å². The van der Waals surface area contributed by atoms with E-state index in [1.807, 2.05) is 24.3 Å². The lowest BCUT2D eigenvalue weighted by Gasteiger charge is -2.07. The molecule has 0 spiro atoms. The molecule has 1 N–H and O–H groups in total. The third-order valence-corrected chi connectivity index (χ3v) is 3.08. The van der Waals surface area contributed by atoms with Crippen LogP contribution >= 0.6 is 0 Å². The van der Waals surface area contributed by atoms with Gasteiger partial charge in [0.15, 0.2) is 0 Å². The van der Waals surface area contributed by atoms with Crippen molar-refractivity contribution in [1.82, 2.24) is 9.55 Å². The van der Waals surface area contributed by atoms with Gasteiger partial charge in [-0.05, 0) is 12.1 Å². The first-order valence-electron chi connectivity index (χ1n) is 5.70. The molecule has 0 saturated carbocycles. The van der Waals surface area contributed by atoms with Gasteiger partial charge < -0.3 is 9.67 Å². The topological polar surface area (TPSA) is 72.2 Å². The van der Waals surface area contributed by atoms with Crippen LogP contribution in [0.3, 0.4) is 0 Å². The largest absolute Gasteiger partial charge is 0.477 e. The first-order chi connectivity index (χ1) is 9.08. The van der Waals surface area contributed by atoms with Crippen LogP contribution in [0.5, 0.6) is 0 Å². The first-order valence-corrected chi connectivity index (χ1v) is 5.70. The van der Waals surface area contributed by atoms with Crippen molar-refractivity contribution in [1.29, 1.82) is 0 Å². The molecule has 94 valence electrons. The molecular formula is C14H10N2O3. The maximum absolute atomic E-state index is 12.1. The van der Waals surface area contributed by atoms with Crippen LogP contribution in [0.15, 0.2) is 41.3 Å². The van der Waals surface area contributed by atoms with Gasteiger partial charge in [0, 0.05) is 18.6 Å². The lowest BCUT2D eigenvalue weighted by atomic mass is 10.1. The molecule has 0 amide bonds. The molecule has 0 fully saturated rings. The Morgan fingerprint density at radius 3 is 2.79 bits per heavy atom. The summed E-state index contributed by atoms with van der Waals surface area (Å²) in [5, 5.41) is 10.2. The summed E-state index contributed by atoms with van der Waals surface area (Å²) in [6.45, 7) is 0. The van der Waals surface area contributed by atoms with Crippen molar-refractivity contribution in [3.63, 3.8) is 0 Å². The van der Waals surface area contributed by atoms with Gasteiger partial charge >= 0.3 is 5.97 Å². The van der Waals surface area contributed by atoms with E-state index in [1.165, 1.54) is 6.20 Å². The number of rotatable bonds is 1. The molecule has 0 aliphatic rings. The number of aromatic nitrogens is 2. The minimum absolute atomic E-state index is 0.243. The van der Waals surface area contributed by atoms with Crippen LogP contribution in [0.4, 0.5) is 0 Å². The number of fused-ring (bicyclic) bond motifs is 2. The molecule has 5 nitrogen and oxygen atoms in total. The minimum Gasteiger partial charge on any atom is -0.477 e. The third kappa shape index (κ3) is 1.67. The van der Waals surface area contributed by atoms with Gasteiger partial charge in [0.2, 0.25) is 5.43 Å². The Morgan fingerprint density at radius 2 is 2.05 bits per heavy atom. The Morgan fingerprint density at radius 1 is 1.32 bits per heavy atom. The fourth-order valence-electron chi connectivity index (χ4n) is 2.15. The molecule has 0 unspecified atom stereocenters. The van der Waals surface area contributed by atoms with Crippen molar-refractivity contribution in [2.75, 3.05) is 0 Å². The highest BCUT2D eigenvalue weighted by Gasteiger charge is 2.14. The SMILES string of the molecule is Cn1cc(C(=O)O)c(=O)c2cc3ccccc3nc21. The van der Waals surface area contributed by atoms with Crippen LogP contribution in [0.25, 0.3) is 21.9 Å². The number of nitrogens with zero attached hydrogens (tertiary/aromatic N) is 2. The maximum Gasteiger partial charge on any atom is 0.341 e. The van der Waals surface area contributed by atoms with Gasteiger partial charge in [-0.1, -0.05) is 18.2 Å². The molecule has 0 aliphatic carbocycles. The van der Waals surface area contributed by atoms with Gasteiger partial charge in [-0.3, -0.25) is 4.79 Å². The summed E-state index contributed by atoms with van der Waals surface area (Å²) in [7, 11) is 1.68. The van der Waals surface area contributed by atoms with Crippen molar-refractivity contribution in [3.05, 3.63) is 52.3 Å². The summed E-state index contributed by atoms with van der Waals surface area (Å²) in [5.74, 6) is -1.23. The quantitative estimate of drug-likeness (QED) is 0.672. The van der Waals surface area contributed by atoms with Crippen LogP contribution in [0.2, 0.25) is 0 Å². The summed E-state index contributed by atoms with van der Waals surface area (Å²) >= 11 is 0. The Balaban J connectivity index is 2.54. The summed E-state index contributed by atoms with van der Waals surface area (Å²) in [5.41, 5.74) is 0.507. The number of benzene rings is 1. The number of aromatic carboxylic acids is 1. The van der Waals surface area contributed by atoms with E-state index in [0.29, 0.717) is 11.0 Å². The third-order valence-electron chi connectivity index (χ3n) is 3.08. The Kier molecular flexibility index (Phi) is 2.35. The predicted molar refractivity (Wildman–Crippen MR) is 71.4 cm³/mol. The van der Waals surface area contributed by atoms with Gasteiger partial charge in [0.05, 0.1) is 10.9 Å². The van der Waals surface area contributed by atoms with Crippen molar-refractivity contribution in [2.45, 2.75) is 0 Å². The second kappa shape index (κ2) is 3.91. The number of carbonyl (C=O) groups is 1. The highest BCUT2D eigenvalue weighted by molar-refractivity contribution is 5.95. The summed E-state index contributed by atoms with van der Waals surface area (Å²) in [6.07, 6.45) is 1.30. The van der Waals surface area contributed by atoms with Gasteiger partial charge in [0.25, 0.3) is 0 Å². The number of carboxylic acids is 1. The van der Waals surface area contributed by atoms with E-state index in [2.05, 4.69) is 4.98 Å². The maximum atomic E-state index is 12.1. The zero-order chi connectivity index (χ0) is 13.6. The average molecular weight is 254 g/mol. The Labute approximate surface area is 107 Å². The number of para-hydroxylation sites is 1. The van der Waals surface area contributed by atoms with E-state index in [0.717, 1.165) is 10.9 Å². The number of hydrogen-bond acceptors (Lipinski definition) is 3. The number of carboxylic acid groups (broad SMARTS) is 1. The summed E-state index contributed by atoms with van der Waals surface area (Å²) in [6, 6.07) is 9.09. The van der Waals surface area contributed by atoms with Crippen molar-refractivity contribution >= 4 is 27.9 Å². The minimum atomic E-state index is -1.23. The van der Waals surface area contributed by atoms with E-state index in [1.54, 1.807) is 17.7 Å². The molecule has 19 heavy (non-hydrogen) atoms. The van der Waals surface area contributed by atoms with Crippen LogP contribution < -0.4 is 5.43 Å². The number of hydrogen-bond donors (Lipinski definition) is 1. The Bertz CT molecular complexity index is 881. The molecule has 3 rings (SSSR count). The first kappa shape index (κ1) is 11.4. The molecule has 5 heteroatoms. The average Bonchev–Trinajstić information content (AvgIpc) is 2.41. The molecule has 0 radical (unpaired) electrons. The van der Waals surface area contributed by atoms with Crippen LogP contribution in [0.1, 0.15) is 10.4 Å². The summed E-state index contributed by atoms with van der Waals surface area (Å²) < 4.78 is 1.56. The van der Waals surface area contributed by atoms with Crippen molar-refractivity contribution in [2.24, 2.45) is 7.05 Å². The van der Waals surface area contributed by atoms with E-state index in [4.69, 9.17) is 5.11 Å². The zero-order valence-electron chi connectivity index (χ0n) is 10.1. The molecule has 2 heterocycles. The fraction of sp³-hybridized carbons (Fsp3) is 0.0714. The normalized spacial score (nSPS) is 11.0. The molecule has 0 aliphatic heterocycles. The van der Waals surface area contributed by atoms with Crippen LogP contribution in [-0.4, -0.2) is 20.6 Å². The van der Waals surface area contributed by atoms with E-state index >= 15 is 0 Å². The van der Waals surface area contributed by atoms with Gasteiger partial charge in [-0.25, -0.2) is 9.78 Å². The lowest BCUT2D eigenvalue weighted by molar-refractivity contribution is 0.0695. The highest BCUT2D eigenvalue weighted by Crippen LogP contribution is 2.17. The van der Waals surface area contributed by atoms with Crippen LogP contribution in [-0.2, 0) is 7.05 Å². The monoisotopic (exact) mass is 254 g/mol. The lowest BCUT2D eigenvalue weighted by Crippen LogP contribution is -2.18. The molecular weight excluding hydrogens is 244 g/mol. The van der Waals surface area contributed by atoms with Gasteiger partial charge in [-0.15, -0.1) is 0 Å².